The number of para-hydroxylation sites is 1. The molecule has 1 aromatic carbocycles. The molecule has 0 spiro atoms. The molecule has 1 unspecified atom stereocenters. The summed E-state index contributed by atoms with van der Waals surface area (Å²) in [5.41, 5.74) is 3.18. The van der Waals surface area contributed by atoms with Crippen molar-refractivity contribution in [2.24, 2.45) is 7.05 Å². The minimum atomic E-state index is -1.83. The topological polar surface area (TPSA) is 99.2 Å². The molecule has 4 aromatic rings. The van der Waals surface area contributed by atoms with Crippen molar-refractivity contribution in [1.29, 1.82) is 0 Å². The summed E-state index contributed by atoms with van der Waals surface area (Å²) in [4.78, 5) is 35.5. The lowest BCUT2D eigenvalue weighted by molar-refractivity contribution is -0.172. The fourth-order valence-electron chi connectivity index (χ4n) is 5.38. The van der Waals surface area contributed by atoms with E-state index in [2.05, 4.69) is 17.3 Å². The monoisotopic (exact) mass is 549 g/mol. The summed E-state index contributed by atoms with van der Waals surface area (Å²) < 4.78 is 8.97. The third kappa shape index (κ3) is 3.97. The van der Waals surface area contributed by atoms with Gasteiger partial charge in [-0.25, -0.2) is 14.8 Å². The number of esters is 1. The number of benzene rings is 1. The first kappa shape index (κ1) is 25.2. The van der Waals surface area contributed by atoms with Gasteiger partial charge in [-0.05, 0) is 46.8 Å². The van der Waals surface area contributed by atoms with Crippen LogP contribution in [0.4, 0.5) is 0 Å². The quantitative estimate of drug-likeness (QED) is 0.189. The molecule has 5 heterocycles. The van der Waals surface area contributed by atoms with Crippen molar-refractivity contribution in [2.75, 3.05) is 17.1 Å². The summed E-state index contributed by atoms with van der Waals surface area (Å²) in [6.45, 7) is 2.01. The third-order valence-electron chi connectivity index (χ3n) is 7.58. The Morgan fingerprint density at radius 1 is 1.24 bits per heavy atom. The normalized spacial score (nSPS) is 18.7. The van der Waals surface area contributed by atoms with E-state index in [1.807, 2.05) is 42.2 Å². The van der Waals surface area contributed by atoms with Crippen LogP contribution in [0, 0.1) is 0 Å². The van der Waals surface area contributed by atoms with Gasteiger partial charge in [0.2, 0.25) is 0 Å². The smallest absolute Gasteiger partial charge is 0.343 e. The van der Waals surface area contributed by atoms with Gasteiger partial charge in [0, 0.05) is 42.4 Å². The van der Waals surface area contributed by atoms with Gasteiger partial charge in [-0.3, -0.25) is 4.79 Å². The van der Waals surface area contributed by atoms with Gasteiger partial charge in [0.25, 0.3) is 5.56 Å². The first-order valence-corrected chi connectivity index (χ1v) is 15.5. The summed E-state index contributed by atoms with van der Waals surface area (Å²) >= 11 is 1.78. The van der Waals surface area contributed by atoms with Crippen LogP contribution in [0.1, 0.15) is 35.6 Å². The number of hydrogen-bond donors (Lipinski definition) is 1. The van der Waals surface area contributed by atoms with Gasteiger partial charge < -0.3 is 19.0 Å². The third-order valence-corrected chi connectivity index (χ3v) is 11.2. The number of cyclic esters (lactones) is 1. The van der Waals surface area contributed by atoms with Gasteiger partial charge in [-0.15, -0.1) is 0 Å². The number of rotatable bonds is 7. The van der Waals surface area contributed by atoms with Gasteiger partial charge in [-0.2, -0.15) is 0 Å². The number of hydrogen-bond acceptors (Lipinski definition) is 7. The Morgan fingerprint density at radius 2 is 2.05 bits per heavy atom. The highest BCUT2D eigenvalue weighted by atomic mass is 32.2. The van der Waals surface area contributed by atoms with E-state index in [0.29, 0.717) is 23.4 Å². The van der Waals surface area contributed by atoms with E-state index in [0.717, 1.165) is 44.6 Å². The second-order valence-corrected chi connectivity index (χ2v) is 13.4. The van der Waals surface area contributed by atoms with E-state index < -0.39 is 11.6 Å². The first-order valence-electron chi connectivity index (χ1n) is 12.6. The number of imidazole rings is 1. The molecular weight excluding hydrogens is 520 g/mol. The Morgan fingerprint density at radius 3 is 2.82 bits per heavy atom. The van der Waals surface area contributed by atoms with Crippen LogP contribution in [0.5, 0.6) is 0 Å². The molecule has 0 bridgehead atoms. The molecule has 10 heteroatoms. The molecule has 196 valence electrons. The van der Waals surface area contributed by atoms with E-state index in [-0.39, 0.29) is 29.5 Å². The maximum absolute atomic E-state index is 13.6. The molecule has 1 N–H and O–H groups in total. The Labute approximate surface area is 227 Å². The summed E-state index contributed by atoms with van der Waals surface area (Å²) in [5, 5.41) is 14.3. The Kier molecular flexibility index (Phi) is 6.36. The molecule has 2 aliphatic rings. The van der Waals surface area contributed by atoms with Crippen molar-refractivity contribution in [3.05, 3.63) is 75.3 Å². The number of aromatic nitrogens is 4. The molecule has 3 aromatic heterocycles. The van der Waals surface area contributed by atoms with Crippen molar-refractivity contribution in [3.8, 4) is 11.4 Å². The summed E-state index contributed by atoms with van der Waals surface area (Å²) in [6.07, 6.45) is 7.07. The molecule has 38 heavy (non-hydrogen) atoms. The summed E-state index contributed by atoms with van der Waals surface area (Å²) in [7, 11) is 2.17. The van der Waals surface area contributed by atoms with E-state index in [1.54, 1.807) is 29.3 Å². The molecule has 2 atom stereocenters. The van der Waals surface area contributed by atoms with Crippen LogP contribution in [0.25, 0.3) is 22.3 Å². The van der Waals surface area contributed by atoms with Crippen LogP contribution in [-0.4, -0.2) is 47.3 Å². The van der Waals surface area contributed by atoms with Gasteiger partial charge in [0.05, 0.1) is 35.3 Å². The summed E-state index contributed by atoms with van der Waals surface area (Å²) in [6, 6.07) is 9.89. The highest BCUT2D eigenvalue weighted by molar-refractivity contribution is 8.14. The number of pyridine rings is 2. The maximum Gasteiger partial charge on any atom is 0.343 e. The van der Waals surface area contributed by atoms with Crippen LogP contribution < -0.4 is 5.56 Å². The molecular formula is C28H29N4O4S2+. The minimum Gasteiger partial charge on any atom is -0.458 e. The largest absolute Gasteiger partial charge is 0.458 e. The molecule has 0 radical (unpaired) electrons. The predicted molar refractivity (Wildman–Crippen MR) is 150 cm³/mol. The molecule has 0 saturated heterocycles. The van der Waals surface area contributed by atoms with Crippen LogP contribution in [0.3, 0.4) is 0 Å². The molecule has 0 fully saturated rings. The van der Waals surface area contributed by atoms with Crippen LogP contribution in [-0.2, 0) is 52.6 Å². The van der Waals surface area contributed by atoms with Crippen molar-refractivity contribution >= 4 is 39.5 Å². The van der Waals surface area contributed by atoms with Gasteiger partial charge in [0.15, 0.2) is 15.8 Å². The lowest BCUT2D eigenvalue weighted by Gasteiger charge is -2.31. The molecule has 0 saturated carbocycles. The predicted octanol–water partition coefficient (Wildman–Crippen LogP) is 3.35. The fourth-order valence-corrected chi connectivity index (χ4v) is 8.03. The molecule has 6 rings (SSSR count). The van der Waals surface area contributed by atoms with E-state index >= 15 is 0 Å². The number of fused-ring (bicyclic) bond motifs is 5. The molecule has 8 nitrogen and oxygen atoms in total. The van der Waals surface area contributed by atoms with Crippen molar-refractivity contribution in [1.82, 2.24) is 19.1 Å². The maximum atomic E-state index is 13.6. The average molecular weight is 550 g/mol. The molecule has 0 amide bonds. The molecule has 2 aliphatic heterocycles. The van der Waals surface area contributed by atoms with Crippen molar-refractivity contribution in [3.63, 3.8) is 0 Å². The lowest BCUT2D eigenvalue weighted by Crippen LogP contribution is -2.44. The number of aliphatic hydroxyl groups is 1. The number of aryl methyl sites for hydroxylation is 2. The molecule has 0 aliphatic carbocycles. The zero-order valence-electron chi connectivity index (χ0n) is 21.6. The van der Waals surface area contributed by atoms with Crippen LogP contribution in [0.2, 0.25) is 0 Å². The van der Waals surface area contributed by atoms with Crippen LogP contribution >= 0.6 is 11.8 Å². The number of carbonyl (C=O) groups is 1. The van der Waals surface area contributed by atoms with Crippen LogP contribution in [0.15, 0.2) is 52.7 Å². The minimum absolute atomic E-state index is 0.125. The average Bonchev–Trinajstić information content (AvgIpc) is 3.51. The zero-order valence-corrected chi connectivity index (χ0v) is 23.2. The zero-order chi connectivity index (χ0) is 26.6. The highest BCUT2D eigenvalue weighted by Crippen LogP contribution is 2.40. The Hall–Kier alpha value is -3.08. The van der Waals surface area contributed by atoms with E-state index in [1.165, 1.54) is 5.56 Å². The second-order valence-electron chi connectivity index (χ2n) is 9.86. The second kappa shape index (κ2) is 9.59. The first-order chi connectivity index (χ1) is 18.3. The number of nitrogens with zero attached hydrogens (tertiary/aromatic N) is 4. The van der Waals surface area contributed by atoms with E-state index in [9.17, 15) is 14.7 Å². The van der Waals surface area contributed by atoms with Crippen molar-refractivity contribution < 1.29 is 14.6 Å². The van der Waals surface area contributed by atoms with Gasteiger partial charge >= 0.3 is 5.97 Å². The highest BCUT2D eigenvalue weighted by Gasteiger charge is 2.45. The van der Waals surface area contributed by atoms with E-state index in [4.69, 9.17) is 9.72 Å². The van der Waals surface area contributed by atoms with Gasteiger partial charge in [-0.1, -0.05) is 25.1 Å². The number of carbonyl (C=O) groups excluding carboxylic acids is 1. The Bertz CT molecular complexity index is 1650. The lowest BCUT2D eigenvalue weighted by atomic mass is 9.86. The fraction of sp³-hybridized carbons (Fsp3) is 0.357. The number of ether oxygens (including phenoxy) is 1. The number of thioether (sulfide) groups is 1. The van der Waals surface area contributed by atoms with Crippen molar-refractivity contribution in [2.45, 2.75) is 43.7 Å². The summed E-state index contributed by atoms with van der Waals surface area (Å²) in [5.74, 6) is 0.304. The SMILES string of the molecule is CC[C@@]1(O)C(=O)OCc2c1cc1n(c2=O)Cc2c-1nc1ccccc1c2CC[S+](C)CSc1nccn1C. The Balaban J connectivity index is 1.39. The van der Waals surface area contributed by atoms with Gasteiger partial charge in [0.1, 0.15) is 12.4 Å². The standard InChI is InChI=1S/C28H29N4O4S2/c1-4-28(35)21-13-23-24-19(14-32(23)25(33)20(21)15-36-26(28)34)17(18-7-5-6-8-22(18)30-24)9-12-38(3)16-37-27-29-10-11-31(27)2/h5-8,10-11,13,35H,4,9,12,14-16H2,1-3H3/q+1/t28-,38?/m0/s1.